The number of hydrogen-bond acceptors (Lipinski definition) is 1. The number of nitrogens with zero attached hydrogens (tertiary/aromatic N) is 1. The highest BCUT2D eigenvalue weighted by molar-refractivity contribution is 6.26. The highest BCUT2D eigenvalue weighted by atomic mass is 15.1. The zero-order chi connectivity index (χ0) is 43.3. The summed E-state index contributed by atoms with van der Waals surface area (Å²) in [4.78, 5) is 2.51. The van der Waals surface area contributed by atoms with E-state index in [9.17, 15) is 0 Å². The van der Waals surface area contributed by atoms with Crippen molar-refractivity contribution in [3.8, 4) is 44.5 Å². The van der Waals surface area contributed by atoms with E-state index in [1.807, 2.05) is 0 Å². The van der Waals surface area contributed by atoms with Gasteiger partial charge in [0.1, 0.15) is 0 Å². The lowest BCUT2D eigenvalue weighted by Gasteiger charge is -2.33. The Morgan fingerprint density at radius 3 is 1.32 bits per heavy atom. The first-order chi connectivity index (χ1) is 32.8. The number of hydrogen-bond donors (Lipinski definition) is 0. The average Bonchev–Trinajstić information content (AvgIpc) is 3.86. The second-order valence-electron chi connectivity index (χ2n) is 17.9. The fourth-order valence-corrected chi connectivity index (χ4v) is 11.9. The Balaban J connectivity index is 1.08. The van der Waals surface area contributed by atoms with E-state index in [1.165, 1.54) is 110 Å². The van der Waals surface area contributed by atoms with Gasteiger partial charge in [-0.25, -0.2) is 0 Å². The Hall–Kier alpha value is -8.52. The van der Waals surface area contributed by atoms with Crippen LogP contribution in [0.3, 0.4) is 0 Å². The van der Waals surface area contributed by atoms with Crippen molar-refractivity contribution in [3.05, 3.63) is 271 Å². The Bertz CT molecular complexity index is 3850. The molecule has 1 nitrogen and oxygen atoms in total. The Morgan fingerprint density at radius 1 is 0.242 bits per heavy atom. The predicted octanol–water partition coefficient (Wildman–Crippen LogP) is 17.4. The van der Waals surface area contributed by atoms with Crippen LogP contribution in [0.5, 0.6) is 0 Å². The molecule has 66 heavy (non-hydrogen) atoms. The van der Waals surface area contributed by atoms with E-state index in [1.54, 1.807) is 0 Å². The highest BCUT2D eigenvalue weighted by Crippen LogP contribution is 2.64. The van der Waals surface area contributed by atoms with Crippen LogP contribution in [0.4, 0.5) is 17.1 Å². The molecule has 0 saturated heterocycles. The van der Waals surface area contributed by atoms with Crippen molar-refractivity contribution in [2.45, 2.75) is 5.41 Å². The van der Waals surface area contributed by atoms with Crippen molar-refractivity contribution in [1.82, 2.24) is 0 Å². The number of benzene rings is 12. The van der Waals surface area contributed by atoms with E-state index in [-0.39, 0.29) is 0 Å². The van der Waals surface area contributed by atoms with E-state index in [4.69, 9.17) is 0 Å². The predicted molar refractivity (Wildman–Crippen MR) is 278 cm³/mol. The highest BCUT2D eigenvalue weighted by Gasteiger charge is 2.52. The molecule has 1 spiro atoms. The monoisotopic (exact) mass is 835 g/mol. The fourth-order valence-electron chi connectivity index (χ4n) is 11.9. The van der Waals surface area contributed by atoms with Gasteiger partial charge in [0.15, 0.2) is 0 Å². The summed E-state index contributed by atoms with van der Waals surface area (Å²) in [6.07, 6.45) is 0. The molecule has 0 radical (unpaired) electrons. The van der Waals surface area contributed by atoms with Crippen molar-refractivity contribution in [1.29, 1.82) is 0 Å². The Labute approximate surface area is 384 Å². The molecular formula is C65H41N. The molecule has 0 aliphatic heterocycles. The first-order valence-corrected chi connectivity index (χ1v) is 23.0. The smallest absolute Gasteiger partial charge is 0.0726 e. The molecule has 0 aromatic heterocycles. The average molecular weight is 836 g/mol. The van der Waals surface area contributed by atoms with E-state index >= 15 is 0 Å². The fraction of sp³-hybridized carbons (Fsp3) is 0.0154. The molecule has 14 rings (SSSR count). The third-order valence-corrected chi connectivity index (χ3v) is 14.7. The van der Waals surface area contributed by atoms with Gasteiger partial charge in [0.05, 0.1) is 11.1 Å². The van der Waals surface area contributed by atoms with Gasteiger partial charge in [-0.1, -0.05) is 212 Å². The van der Waals surface area contributed by atoms with Crippen LogP contribution >= 0.6 is 0 Å². The van der Waals surface area contributed by atoms with E-state index in [0.717, 1.165) is 17.1 Å². The number of rotatable bonds is 5. The molecule has 0 amide bonds. The van der Waals surface area contributed by atoms with Gasteiger partial charge in [-0.05, 0) is 141 Å². The van der Waals surface area contributed by atoms with E-state index in [2.05, 4.69) is 254 Å². The molecule has 306 valence electrons. The summed E-state index contributed by atoms with van der Waals surface area (Å²) in [5, 5.41) is 10.1. The maximum atomic E-state index is 2.55. The van der Waals surface area contributed by atoms with Gasteiger partial charge in [0.25, 0.3) is 0 Å². The summed E-state index contributed by atoms with van der Waals surface area (Å²) >= 11 is 0. The lowest BCUT2D eigenvalue weighted by Crippen LogP contribution is -2.26. The summed E-state index contributed by atoms with van der Waals surface area (Å²) in [7, 11) is 0. The van der Waals surface area contributed by atoms with E-state index < -0.39 is 5.41 Å². The van der Waals surface area contributed by atoms with Gasteiger partial charge in [-0.15, -0.1) is 0 Å². The zero-order valence-electron chi connectivity index (χ0n) is 36.1. The molecule has 2 aliphatic carbocycles. The van der Waals surface area contributed by atoms with Gasteiger partial charge >= 0.3 is 0 Å². The quantitative estimate of drug-likeness (QED) is 0.156. The third kappa shape index (κ3) is 5.17. The van der Waals surface area contributed by atoms with Gasteiger partial charge < -0.3 is 4.90 Å². The van der Waals surface area contributed by atoms with Gasteiger partial charge in [0, 0.05) is 16.9 Å². The van der Waals surface area contributed by atoms with Crippen LogP contribution in [0.25, 0.3) is 87.6 Å². The second-order valence-corrected chi connectivity index (χ2v) is 17.9. The second kappa shape index (κ2) is 14.2. The largest absolute Gasteiger partial charge is 0.310 e. The minimum atomic E-state index is -0.495. The van der Waals surface area contributed by atoms with Crippen molar-refractivity contribution in [2.75, 3.05) is 4.90 Å². The molecule has 0 bridgehead atoms. The maximum absolute atomic E-state index is 2.55. The zero-order valence-corrected chi connectivity index (χ0v) is 36.1. The molecule has 0 atom stereocenters. The summed E-state index contributed by atoms with van der Waals surface area (Å²) in [6.45, 7) is 0. The number of fused-ring (bicyclic) bond motifs is 17. The number of para-hydroxylation sites is 1. The minimum Gasteiger partial charge on any atom is -0.310 e. The van der Waals surface area contributed by atoms with Crippen LogP contribution in [-0.2, 0) is 5.41 Å². The summed E-state index contributed by atoms with van der Waals surface area (Å²) in [6, 6.07) is 92.8. The van der Waals surface area contributed by atoms with Gasteiger partial charge in [-0.3, -0.25) is 0 Å². The van der Waals surface area contributed by atoms with Crippen LogP contribution < -0.4 is 4.90 Å². The molecular weight excluding hydrogens is 795 g/mol. The minimum absolute atomic E-state index is 0.495. The van der Waals surface area contributed by atoms with Crippen LogP contribution in [0, 0.1) is 0 Å². The first kappa shape index (κ1) is 36.9. The number of anilines is 3. The lowest BCUT2D eigenvalue weighted by molar-refractivity contribution is 0.794. The van der Waals surface area contributed by atoms with E-state index in [0.29, 0.717) is 0 Å². The standard InChI is InChI=1S/C65H41N/c1-2-19-45(20-3-1)66(46-37-38-53-51-24-7-6-22-49(51)50-23-8-9-25-52(50)58(53)39-46)64-41-63-59(40-57(64)44-35-33-43(34-36-44)48-29-16-18-42-17-4-5-21-47(42)48)56-28-12-15-32-62(56)65(63)60-30-13-10-26-54(60)55-27-11-14-31-61(55)65/h1-41H. The molecule has 12 aromatic carbocycles. The lowest BCUT2D eigenvalue weighted by atomic mass is 9.70. The molecule has 2 aliphatic rings. The van der Waals surface area contributed by atoms with Crippen LogP contribution in [0.15, 0.2) is 249 Å². The first-order valence-electron chi connectivity index (χ1n) is 23.0. The third-order valence-electron chi connectivity index (χ3n) is 14.7. The molecule has 1 heteroatoms. The summed E-state index contributed by atoms with van der Waals surface area (Å²) in [5.41, 5.74) is 18.1. The van der Waals surface area contributed by atoms with Gasteiger partial charge in [0.2, 0.25) is 0 Å². The molecule has 0 fully saturated rings. The molecule has 0 saturated carbocycles. The Morgan fingerprint density at radius 2 is 0.697 bits per heavy atom. The van der Waals surface area contributed by atoms with Crippen LogP contribution in [0.1, 0.15) is 22.3 Å². The molecule has 0 N–H and O–H groups in total. The van der Waals surface area contributed by atoms with Crippen LogP contribution in [-0.4, -0.2) is 0 Å². The summed E-state index contributed by atoms with van der Waals surface area (Å²) < 4.78 is 0. The summed E-state index contributed by atoms with van der Waals surface area (Å²) in [5.74, 6) is 0. The Kier molecular flexibility index (Phi) is 7.97. The van der Waals surface area contributed by atoms with Crippen molar-refractivity contribution >= 4 is 60.2 Å². The molecule has 12 aromatic rings. The van der Waals surface area contributed by atoms with Crippen molar-refractivity contribution in [2.24, 2.45) is 0 Å². The normalized spacial score (nSPS) is 13.0. The molecule has 0 unspecified atom stereocenters. The van der Waals surface area contributed by atoms with Gasteiger partial charge in [-0.2, -0.15) is 0 Å². The van der Waals surface area contributed by atoms with Crippen LogP contribution in [0.2, 0.25) is 0 Å². The van der Waals surface area contributed by atoms with Crippen molar-refractivity contribution in [3.63, 3.8) is 0 Å². The van der Waals surface area contributed by atoms with Crippen molar-refractivity contribution < 1.29 is 0 Å². The maximum Gasteiger partial charge on any atom is 0.0726 e. The molecule has 0 heterocycles. The topological polar surface area (TPSA) is 3.24 Å². The SMILES string of the molecule is c1ccc(N(c2ccc3c4ccccc4c4ccccc4c3c2)c2cc3c(cc2-c2ccc(-c4cccc5ccccc45)cc2)-c2ccccc2C32c3ccccc3-c3ccccc32)cc1.